The highest BCUT2D eigenvalue weighted by atomic mass is 32.1. The van der Waals surface area contributed by atoms with E-state index in [1.807, 2.05) is 24.8 Å². The van der Waals surface area contributed by atoms with Crippen molar-refractivity contribution in [2.45, 2.75) is 57.2 Å². The standard InChI is InChI=1S/C24H35N7O3S/c1-15(2)28-22(33)24(25)9-5-11-31(14-24)16-7-12-30(13-8-16)21(32)18-17-6-4-10-27-19(17)35-20(18)29-23(34)26-3/h4,6,10,15-16H,5,7-9,11-14,25H2,1-3H3,(H,28,33)(H2,26,29,34). The van der Waals surface area contributed by atoms with Gasteiger partial charge in [0.05, 0.1) is 5.56 Å². The van der Waals surface area contributed by atoms with E-state index in [2.05, 4.69) is 25.8 Å². The molecule has 4 heterocycles. The lowest BCUT2D eigenvalue weighted by molar-refractivity contribution is -0.129. The average Bonchev–Trinajstić information content (AvgIpc) is 3.21. The Morgan fingerprint density at radius 2 is 1.97 bits per heavy atom. The summed E-state index contributed by atoms with van der Waals surface area (Å²) in [5.74, 6) is -0.184. The lowest BCUT2D eigenvalue weighted by Gasteiger charge is -2.45. The Bertz CT molecular complexity index is 1100. The molecule has 2 aliphatic heterocycles. The van der Waals surface area contributed by atoms with Crippen LogP contribution in [0.2, 0.25) is 0 Å². The van der Waals surface area contributed by atoms with E-state index in [1.165, 1.54) is 18.4 Å². The average molecular weight is 502 g/mol. The van der Waals surface area contributed by atoms with E-state index >= 15 is 0 Å². The minimum absolute atomic E-state index is 0.0544. The topological polar surface area (TPSA) is 133 Å². The van der Waals surface area contributed by atoms with E-state index in [-0.39, 0.29) is 29.9 Å². The molecule has 0 spiro atoms. The van der Waals surface area contributed by atoms with Crippen molar-refractivity contribution in [2.75, 3.05) is 38.5 Å². The number of nitrogens with one attached hydrogen (secondary N) is 3. The second-order valence-electron chi connectivity index (χ2n) is 9.75. The number of likely N-dealkylation sites (tertiary alicyclic amines) is 2. The van der Waals surface area contributed by atoms with Gasteiger partial charge in [-0.1, -0.05) is 11.3 Å². The van der Waals surface area contributed by atoms with Crippen molar-refractivity contribution in [1.82, 2.24) is 25.4 Å². The number of pyridine rings is 1. The van der Waals surface area contributed by atoms with Crippen LogP contribution in [0.5, 0.6) is 0 Å². The molecule has 2 aliphatic rings. The van der Waals surface area contributed by atoms with Gasteiger partial charge >= 0.3 is 6.03 Å². The number of urea groups is 1. The maximum atomic E-state index is 13.6. The Labute approximate surface area is 209 Å². The first-order valence-corrected chi connectivity index (χ1v) is 13.0. The quantitative estimate of drug-likeness (QED) is 0.495. The Balaban J connectivity index is 1.44. The van der Waals surface area contributed by atoms with Gasteiger partial charge in [-0.15, -0.1) is 0 Å². The largest absolute Gasteiger partial charge is 0.352 e. The van der Waals surface area contributed by atoms with Crippen molar-refractivity contribution in [2.24, 2.45) is 5.73 Å². The summed E-state index contributed by atoms with van der Waals surface area (Å²) in [4.78, 5) is 47.5. The summed E-state index contributed by atoms with van der Waals surface area (Å²) >= 11 is 1.30. The van der Waals surface area contributed by atoms with E-state index in [0.29, 0.717) is 41.5 Å². The molecule has 0 aromatic carbocycles. The van der Waals surface area contributed by atoms with Crippen LogP contribution >= 0.6 is 11.3 Å². The van der Waals surface area contributed by atoms with Crippen molar-refractivity contribution in [3.63, 3.8) is 0 Å². The van der Waals surface area contributed by atoms with Crippen molar-refractivity contribution < 1.29 is 14.4 Å². The molecule has 2 fully saturated rings. The molecule has 0 aliphatic carbocycles. The van der Waals surface area contributed by atoms with Crippen LogP contribution < -0.4 is 21.7 Å². The predicted molar refractivity (Wildman–Crippen MR) is 138 cm³/mol. The van der Waals surface area contributed by atoms with E-state index < -0.39 is 5.54 Å². The predicted octanol–water partition coefficient (Wildman–Crippen LogP) is 1.97. The third kappa shape index (κ3) is 5.41. The molecule has 2 aromatic heterocycles. The number of carbonyl (C=O) groups excluding carboxylic acids is 3. The zero-order valence-corrected chi connectivity index (χ0v) is 21.4. The highest BCUT2D eigenvalue weighted by Gasteiger charge is 2.41. The van der Waals surface area contributed by atoms with E-state index in [0.717, 1.165) is 31.2 Å². The molecule has 4 amide bonds. The molecule has 1 atom stereocenters. The van der Waals surface area contributed by atoms with E-state index in [4.69, 9.17) is 5.73 Å². The molecule has 5 N–H and O–H groups in total. The first-order valence-electron chi connectivity index (χ1n) is 12.2. The van der Waals surface area contributed by atoms with Crippen LogP contribution in [0.3, 0.4) is 0 Å². The van der Waals surface area contributed by atoms with Crippen LogP contribution in [0.15, 0.2) is 18.3 Å². The van der Waals surface area contributed by atoms with Gasteiger partial charge in [0.1, 0.15) is 15.4 Å². The molecule has 35 heavy (non-hydrogen) atoms. The number of nitrogens with two attached hydrogens (primary N) is 1. The summed E-state index contributed by atoms with van der Waals surface area (Å²) in [6.45, 7) is 6.53. The van der Waals surface area contributed by atoms with Gasteiger partial charge in [0.15, 0.2) is 0 Å². The molecule has 0 saturated carbocycles. The minimum Gasteiger partial charge on any atom is -0.352 e. The number of aromatic nitrogens is 1. The van der Waals surface area contributed by atoms with E-state index in [9.17, 15) is 14.4 Å². The summed E-state index contributed by atoms with van der Waals surface area (Å²) < 4.78 is 0. The van der Waals surface area contributed by atoms with Gasteiger partial charge in [0, 0.05) is 50.3 Å². The fourth-order valence-electron chi connectivity index (χ4n) is 5.01. The number of piperidine rings is 2. The number of rotatable bonds is 5. The summed E-state index contributed by atoms with van der Waals surface area (Å²) in [5.41, 5.74) is 6.16. The maximum absolute atomic E-state index is 13.6. The van der Waals surface area contributed by atoms with Gasteiger partial charge < -0.3 is 21.3 Å². The van der Waals surface area contributed by atoms with Gasteiger partial charge in [0.2, 0.25) is 5.91 Å². The van der Waals surface area contributed by atoms with Crippen LogP contribution in [-0.2, 0) is 4.79 Å². The van der Waals surface area contributed by atoms with Crippen LogP contribution in [0.4, 0.5) is 9.80 Å². The molecule has 11 heteroatoms. The van der Waals surface area contributed by atoms with Gasteiger partial charge in [-0.2, -0.15) is 0 Å². The lowest BCUT2D eigenvalue weighted by Crippen LogP contribution is -2.65. The molecule has 1 unspecified atom stereocenters. The van der Waals surface area contributed by atoms with Crippen LogP contribution in [0.1, 0.15) is 49.9 Å². The highest BCUT2D eigenvalue weighted by molar-refractivity contribution is 7.23. The molecule has 2 saturated heterocycles. The van der Waals surface area contributed by atoms with Gasteiger partial charge in [-0.25, -0.2) is 9.78 Å². The van der Waals surface area contributed by atoms with Gasteiger partial charge in [-0.3, -0.25) is 19.8 Å². The Kier molecular flexibility index (Phi) is 7.58. The second-order valence-corrected chi connectivity index (χ2v) is 10.7. The zero-order valence-electron chi connectivity index (χ0n) is 20.6. The third-order valence-corrected chi connectivity index (χ3v) is 7.86. The molecular weight excluding hydrogens is 466 g/mol. The molecule has 190 valence electrons. The Hall–Kier alpha value is -2.76. The van der Waals surface area contributed by atoms with Crippen molar-refractivity contribution in [1.29, 1.82) is 0 Å². The number of hydrogen-bond donors (Lipinski definition) is 4. The molecule has 10 nitrogen and oxygen atoms in total. The summed E-state index contributed by atoms with van der Waals surface area (Å²) in [6.07, 6.45) is 4.86. The first kappa shape index (κ1) is 25.3. The molecule has 4 rings (SSSR count). The van der Waals surface area contributed by atoms with Gasteiger partial charge in [-0.05, 0) is 58.2 Å². The number of carbonyl (C=O) groups is 3. The number of hydrogen-bond acceptors (Lipinski definition) is 7. The third-order valence-electron chi connectivity index (χ3n) is 6.83. The maximum Gasteiger partial charge on any atom is 0.319 e. The van der Waals surface area contributed by atoms with Crippen LogP contribution in [0.25, 0.3) is 10.2 Å². The van der Waals surface area contributed by atoms with Gasteiger partial charge in [0.25, 0.3) is 5.91 Å². The fourth-order valence-corrected chi connectivity index (χ4v) is 6.04. The lowest BCUT2D eigenvalue weighted by atomic mass is 9.87. The number of thiophene rings is 1. The summed E-state index contributed by atoms with van der Waals surface area (Å²) in [7, 11) is 1.54. The molecule has 2 aromatic rings. The Morgan fingerprint density at radius 3 is 2.66 bits per heavy atom. The minimum atomic E-state index is -0.877. The van der Waals surface area contributed by atoms with Crippen LogP contribution in [0, 0.1) is 0 Å². The number of fused-ring (bicyclic) bond motifs is 1. The molecule has 0 radical (unpaired) electrons. The van der Waals surface area contributed by atoms with Crippen LogP contribution in [-0.4, -0.2) is 83.5 Å². The number of nitrogens with zero attached hydrogens (tertiary/aromatic N) is 3. The zero-order chi connectivity index (χ0) is 25.2. The SMILES string of the molecule is CNC(=O)Nc1sc2ncccc2c1C(=O)N1CCC(N2CCCC(N)(C(=O)NC(C)C)C2)CC1. The number of anilines is 1. The second kappa shape index (κ2) is 10.5. The normalized spacial score (nSPS) is 21.8. The molecular formula is C24H35N7O3S. The monoisotopic (exact) mass is 501 g/mol. The Morgan fingerprint density at radius 1 is 1.23 bits per heavy atom. The first-order chi connectivity index (χ1) is 16.7. The summed E-state index contributed by atoms with van der Waals surface area (Å²) in [6, 6.07) is 3.62. The fraction of sp³-hybridized carbons (Fsp3) is 0.583. The summed E-state index contributed by atoms with van der Waals surface area (Å²) in [5, 5.41) is 9.54. The smallest absolute Gasteiger partial charge is 0.319 e. The number of amides is 4. The van der Waals surface area contributed by atoms with Crippen molar-refractivity contribution >= 4 is 44.4 Å². The molecule has 0 bridgehead atoms. The highest BCUT2D eigenvalue weighted by Crippen LogP contribution is 2.36. The van der Waals surface area contributed by atoms with Crippen molar-refractivity contribution in [3.8, 4) is 0 Å². The van der Waals surface area contributed by atoms with E-state index in [1.54, 1.807) is 12.3 Å². The van der Waals surface area contributed by atoms with Crippen molar-refractivity contribution in [3.05, 3.63) is 23.9 Å².